The van der Waals surface area contributed by atoms with Crippen molar-refractivity contribution in [3.63, 3.8) is 0 Å². The van der Waals surface area contributed by atoms with E-state index < -0.39 is 9.84 Å². The van der Waals surface area contributed by atoms with Crippen LogP contribution in [0.3, 0.4) is 0 Å². The molecule has 0 saturated carbocycles. The van der Waals surface area contributed by atoms with Crippen LogP contribution in [-0.2, 0) is 21.2 Å². The van der Waals surface area contributed by atoms with Crippen LogP contribution < -0.4 is 5.32 Å². The van der Waals surface area contributed by atoms with Gasteiger partial charge in [0, 0.05) is 23.4 Å². The lowest BCUT2D eigenvalue weighted by Crippen LogP contribution is -2.43. The smallest absolute Gasteiger partial charge is 0.241 e. The highest BCUT2D eigenvalue weighted by Gasteiger charge is 2.28. The molecule has 8 nitrogen and oxygen atoms in total. The van der Waals surface area contributed by atoms with E-state index in [9.17, 15) is 13.2 Å². The number of likely N-dealkylation sites (tertiary alicyclic amines) is 1. The lowest BCUT2D eigenvalue weighted by molar-refractivity contribution is -0.127. The van der Waals surface area contributed by atoms with Crippen molar-refractivity contribution in [2.24, 2.45) is 5.92 Å². The van der Waals surface area contributed by atoms with Gasteiger partial charge in [-0.05, 0) is 68.3 Å². The first-order chi connectivity index (χ1) is 16.2. The standard InChI is InChI=1S/C24H27ClN4O4S/c1-16(17-7-11-21(12-8-17)34(2,31)32)26-24(30)19-4-3-13-29(14-19)15-22-27-23(28-33-22)18-5-9-20(25)10-6-18/h5-12,16,19H,3-4,13-15H2,1-2H3,(H,26,30). The summed E-state index contributed by atoms with van der Waals surface area (Å²) in [4.78, 5) is 19.8. The fourth-order valence-corrected chi connectivity index (χ4v) is 4.81. The second kappa shape index (κ2) is 10.2. The van der Waals surface area contributed by atoms with Crippen LogP contribution in [0.25, 0.3) is 11.4 Å². The summed E-state index contributed by atoms with van der Waals surface area (Å²) < 4.78 is 28.7. The van der Waals surface area contributed by atoms with E-state index in [0.717, 1.165) is 30.5 Å². The van der Waals surface area contributed by atoms with E-state index in [4.69, 9.17) is 16.1 Å². The van der Waals surface area contributed by atoms with Crippen molar-refractivity contribution in [3.8, 4) is 11.4 Å². The van der Waals surface area contributed by atoms with Gasteiger partial charge in [0.15, 0.2) is 9.84 Å². The Hall–Kier alpha value is -2.75. The van der Waals surface area contributed by atoms with Crippen LogP contribution in [0.5, 0.6) is 0 Å². The van der Waals surface area contributed by atoms with E-state index in [1.54, 1.807) is 36.4 Å². The number of rotatable bonds is 7. The van der Waals surface area contributed by atoms with Gasteiger partial charge < -0.3 is 9.84 Å². The van der Waals surface area contributed by atoms with Gasteiger partial charge in [0.05, 0.1) is 23.4 Å². The SMILES string of the molecule is CC(NC(=O)C1CCCN(Cc2nc(-c3ccc(Cl)cc3)no2)C1)c1ccc(S(C)(=O)=O)cc1. The molecule has 0 spiro atoms. The maximum Gasteiger partial charge on any atom is 0.241 e. The molecule has 1 aliphatic heterocycles. The summed E-state index contributed by atoms with van der Waals surface area (Å²) in [5, 5.41) is 7.76. The van der Waals surface area contributed by atoms with Crippen molar-refractivity contribution < 1.29 is 17.7 Å². The molecule has 10 heteroatoms. The van der Waals surface area contributed by atoms with Gasteiger partial charge in [-0.3, -0.25) is 9.69 Å². The Balaban J connectivity index is 1.33. The fourth-order valence-electron chi connectivity index (χ4n) is 4.06. The third-order valence-electron chi connectivity index (χ3n) is 5.97. The Morgan fingerprint density at radius 3 is 2.59 bits per heavy atom. The minimum absolute atomic E-state index is 0.0169. The van der Waals surface area contributed by atoms with E-state index >= 15 is 0 Å². The maximum atomic E-state index is 12.9. The van der Waals surface area contributed by atoms with Gasteiger partial charge >= 0.3 is 0 Å². The minimum Gasteiger partial charge on any atom is -0.349 e. The van der Waals surface area contributed by atoms with Gasteiger partial charge in [-0.1, -0.05) is 28.9 Å². The molecule has 1 N–H and O–H groups in total. The zero-order valence-electron chi connectivity index (χ0n) is 19.1. The first-order valence-corrected chi connectivity index (χ1v) is 13.4. The lowest BCUT2D eigenvalue weighted by atomic mass is 9.96. The molecule has 2 aromatic carbocycles. The number of aromatic nitrogens is 2. The number of nitrogens with zero attached hydrogens (tertiary/aromatic N) is 3. The molecule has 1 aromatic heterocycles. The highest BCUT2D eigenvalue weighted by Crippen LogP contribution is 2.23. The normalized spacial score (nSPS) is 17.9. The third kappa shape index (κ3) is 6.02. The number of halogens is 1. The molecule has 0 radical (unpaired) electrons. The number of carbonyl (C=O) groups is 1. The van der Waals surface area contributed by atoms with Crippen LogP contribution in [0.2, 0.25) is 5.02 Å². The number of piperidine rings is 1. The zero-order valence-corrected chi connectivity index (χ0v) is 20.6. The molecule has 0 bridgehead atoms. The van der Waals surface area contributed by atoms with Crippen LogP contribution in [-0.4, -0.2) is 48.7 Å². The summed E-state index contributed by atoms with van der Waals surface area (Å²) in [6.45, 7) is 3.83. The monoisotopic (exact) mass is 502 g/mol. The van der Waals surface area contributed by atoms with Crippen LogP contribution in [0.1, 0.15) is 37.3 Å². The van der Waals surface area contributed by atoms with Crippen LogP contribution in [0.15, 0.2) is 57.9 Å². The number of hydrogen-bond donors (Lipinski definition) is 1. The highest BCUT2D eigenvalue weighted by molar-refractivity contribution is 7.90. The maximum absolute atomic E-state index is 12.9. The average molecular weight is 503 g/mol. The molecule has 1 fully saturated rings. The Morgan fingerprint density at radius 1 is 1.21 bits per heavy atom. The summed E-state index contributed by atoms with van der Waals surface area (Å²) >= 11 is 5.94. The van der Waals surface area contributed by atoms with Crippen molar-refractivity contribution in [3.05, 3.63) is 65.0 Å². The molecule has 4 rings (SSSR count). The first-order valence-electron chi connectivity index (χ1n) is 11.1. The summed E-state index contributed by atoms with van der Waals surface area (Å²) in [5.74, 6) is 0.848. The molecular formula is C24H27ClN4O4S. The summed E-state index contributed by atoms with van der Waals surface area (Å²) in [6.07, 6.45) is 2.88. The summed E-state index contributed by atoms with van der Waals surface area (Å²) in [7, 11) is -3.25. The van der Waals surface area contributed by atoms with Crippen LogP contribution >= 0.6 is 11.6 Å². The van der Waals surface area contributed by atoms with Gasteiger partial charge in [0.25, 0.3) is 0 Å². The molecule has 0 aliphatic carbocycles. The average Bonchev–Trinajstić information content (AvgIpc) is 3.27. The molecule has 2 heterocycles. The van der Waals surface area contributed by atoms with Crippen molar-refractivity contribution >= 4 is 27.3 Å². The largest absolute Gasteiger partial charge is 0.349 e. The van der Waals surface area contributed by atoms with E-state index in [-0.39, 0.29) is 22.8 Å². The molecule has 2 unspecified atom stereocenters. The molecule has 1 saturated heterocycles. The molecular weight excluding hydrogens is 476 g/mol. The highest BCUT2D eigenvalue weighted by atomic mass is 35.5. The molecule has 1 aliphatic rings. The molecule has 1 amide bonds. The van der Waals surface area contributed by atoms with Gasteiger partial charge in [-0.15, -0.1) is 0 Å². The first kappa shape index (κ1) is 24.4. The Labute approximate surface area is 204 Å². The second-order valence-electron chi connectivity index (χ2n) is 8.66. The number of nitrogens with one attached hydrogen (secondary N) is 1. The predicted octanol–water partition coefficient (Wildman–Crippen LogP) is 3.88. The summed E-state index contributed by atoms with van der Waals surface area (Å²) in [6, 6.07) is 13.6. The third-order valence-corrected chi connectivity index (χ3v) is 7.35. The molecule has 180 valence electrons. The quantitative estimate of drug-likeness (QED) is 0.522. The predicted molar refractivity (Wildman–Crippen MR) is 129 cm³/mol. The van der Waals surface area contributed by atoms with Gasteiger partial charge in [0.2, 0.25) is 17.6 Å². The van der Waals surface area contributed by atoms with Crippen molar-refractivity contribution in [1.82, 2.24) is 20.4 Å². The minimum atomic E-state index is -3.25. The van der Waals surface area contributed by atoms with E-state index in [0.29, 0.717) is 29.8 Å². The van der Waals surface area contributed by atoms with E-state index in [2.05, 4.69) is 20.4 Å². The van der Waals surface area contributed by atoms with Crippen molar-refractivity contribution in [1.29, 1.82) is 0 Å². The summed E-state index contributed by atoms with van der Waals surface area (Å²) in [5.41, 5.74) is 1.68. The topological polar surface area (TPSA) is 105 Å². The van der Waals surface area contributed by atoms with Crippen molar-refractivity contribution in [2.75, 3.05) is 19.3 Å². The lowest BCUT2D eigenvalue weighted by Gasteiger charge is -2.31. The Bertz CT molecular complexity index is 1240. The van der Waals surface area contributed by atoms with Crippen LogP contribution in [0, 0.1) is 5.92 Å². The van der Waals surface area contributed by atoms with E-state index in [1.165, 1.54) is 6.26 Å². The van der Waals surface area contributed by atoms with E-state index in [1.807, 2.05) is 19.1 Å². The number of carbonyl (C=O) groups excluding carboxylic acids is 1. The molecule has 34 heavy (non-hydrogen) atoms. The molecule has 2 atom stereocenters. The zero-order chi connectivity index (χ0) is 24.3. The van der Waals surface area contributed by atoms with Crippen LogP contribution in [0.4, 0.5) is 0 Å². The Kier molecular flexibility index (Phi) is 7.35. The number of sulfone groups is 1. The second-order valence-corrected chi connectivity index (χ2v) is 11.1. The molecule has 3 aromatic rings. The number of hydrogen-bond acceptors (Lipinski definition) is 7. The van der Waals surface area contributed by atoms with Gasteiger partial charge in [-0.25, -0.2) is 8.42 Å². The van der Waals surface area contributed by atoms with Gasteiger partial charge in [-0.2, -0.15) is 4.98 Å². The van der Waals surface area contributed by atoms with Gasteiger partial charge in [0.1, 0.15) is 0 Å². The Morgan fingerprint density at radius 2 is 1.91 bits per heavy atom. The fraction of sp³-hybridized carbons (Fsp3) is 0.375. The number of amides is 1. The van der Waals surface area contributed by atoms with Crippen molar-refractivity contribution in [2.45, 2.75) is 37.2 Å². The number of benzene rings is 2.